The Labute approximate surface area is 128 Å². The summed E-state index contributed by atoms with van der Waals surface area (Å²) < 4.78 is 26.7. The molecule has 2 aliphatic rings. The molecular formula is C16H18ClF2NO. The maximum atomic E-state index is 13.5. The first-order valence-corrected chi connectivity index (χ1v) is 7.88. The number of rotatable bonds is 1. The van der Waals surface area contributed by atoms with Gasteiger partial charge in [0, 0.05) is 18.0 Å². The molecule has 5 heteroatoms. The van der Waals surface area contributed by atoms with Gasteiger partial charge in [0.2, 0.25) is 5.91 Å². The van der Waals surface area contributed by atoms with Crippen LogP contribution in [0.5, 0.6) is 0 Å². The lowest BCUT2D eigenvalue weighted by Gasteiger charge is -2.44. The highest BCUT2D eigenvalue weighted by Gasteiger charge is 2.45. The van der Waals surface area contributed by atoms with Crippen molar-refractivity contribution in [2.75, 3.05) is 11.4 Å². The maximum Gasteiger partial charge on any atom is 0.233 e. The van der Waals surface area contributed by atoms with Crippen molar-refractivity contribution < 1.29 is 13.6 Å². The molecule has 1 amide bonds. The van der Waals surface area contributed by atoms with Gasteiger partial charge < -0.3 is 4.90 Å². The molecule has 1 spiro atoms. The van der Waals surface area contributed by atoms with Crippen molar-refractivity contribution in [3.8, 4) is 0 Å². The van der Waals surface area contributed by atoms with Crippen LogP contribution in [0.2, 0.25) is 5.02 Å². The predicted molar refractivity (Wildman–Crippen MR) is 78.5 cm³/mol. The van der Waals surface area contributed by atoms with Gasteiger partial charge in [-0.1, -0.05) is 30.9 Å². The number of nitrogens with zero attached hydrogens (tertiary/aromatic N) is 1. The molecule has 1 aliphatic heterocycles. The molecule has 1 saturated heterocycles. The molecule has 1 aliphatic carbocycles. The second kappa shape index (κ2) is 5.56. The molecule has 0 aromatic heterocycles. The molecule has 2 fully saturated rings. The fourth-order valence-corrected chi connectivity index (χ4v) is 3.96. The normalized spacial score (nSPS) is 21.9. The highest BCUT2D eigenvalue weighted by molar-refractivity contribution is 6.33. The maximum absolute atomic E-state index is 13.5. The van der Waals surface area contributed by atoms with Crippen LogP contribution in [-0.4, -0.2) is 12.5 Å². The van der Waals surface area contributed by atoms with Gasteiger partial charge in [-0.2, -0.15) is 0 Å². The zero-order chi connectivity index (χ0) is 15.0. The molecule has 1 aromatic rings. The minimum absolute atomic E-state index is 0.0290. The van der Waals surface area contributed by atoms with Gasteiger partial charge in [0.05, 0.1) is 10.7 Å². The van der Waals surface area contributed by atoms with E-state index in [0.29, 0.717) is 12.2 Å². The summed E-state index contributed by atoms with van der Waals surface area (Å²) in [6.45, 7) is 0.519. The Balaban J connectivity index is 1.95. The lowest BCUT2D eigenvalue weighted by Crippen LogP contribution is -2.50. The van der Waals surface area contributed by atoms with Crippen LogP contribution in [-0.2, 0) is 4.79 Å². The van der Waals surface area contributed by atoms with Crippen LogP contribution in [0, 0.1) is 17.0 Å². The van der Waals surface area contributed by atoms with Crippen molar-refractivity contribution >= 4 is 23.2 Å². The summed E-state index contributed by atoms with van der Waals surface area (Å²) in [4.78, 5) is 14.5. The van der Waals surface area contributed by atoms with Gasteiger partial charge in [-0.05, 0) is 31.7 Å². The Morgan fingerprint density at radius 2 is 1.62 bits per heavy atom. The van der Waals surface area contributed by atoms with Gasteiger partial charge in [-0.15, -0.1) is 0 Å². The van der Waals surface area contributed by atoms with Crippen molar-refractivity contribution in [2.45, 2.75) is 44.9 Å². The van der Waals surface area contributed by atoms with E-state index in [9.17, 15) is 13.6 Å². The Morgan fingerprint density at radius 1 is 1.00 bits per heavy atom. The number of carbonyl (C=O) groups excluding carboxylic acids is 1. The predicted octanol–water partition coefficient (Wildman–Crippen LogP) is 4.70. The molecule has 21 heavy (non-hydrogen) atoms. The zero-order valence-electron chi connectivity index (χ0n) is 11.8. The molecule has 1 saturated carbocycles. The van der Waals surface area contributed by atoms with E-state index >= 15 is 0 Å². The van der Waals surface area contributed by atoms with Crippen LogP contribution in [0.25, 0.3) is 0 Å². The van der Waals surface area contributed by atoms with Gasteiger partial charge in [-0.3, -0.25) is 4.79 Å². The number of carbonyl (C=O) groups is 1. The third-order valence-electron chi connectivity index (χ3n) is 4.83. The van der Waals surface area contributed by atoms with E-state index in [2.05, 4.69) is 0 Å². The van der Waals surface area contributed by atoms with Crippen LogP contribution >= 0.6 is 11.6 Å². The topological polar surface area (TPSA) is 20.3 Å². The largest absolute Gasteiger partial charge is 0.310 e. The lowest BCUT2D eigenvalue weighted by molar-refractivity contribution is -0.132. The first kappa shape index (κ1) is 14.8. The van der Waals surface area contributed by atoms with Crippen molar-refractivity contribution in [1.29, 1.82) is 0 Å². The Morgan fingerprint density at radius 3 is 2.33 bits per heavy atom. The van der Waals surface area contributed by atoms with Gasteiger partial charge >= 0.3 is 0 Å². The van der Waals surface area contributed by atoms with Crippen LogP contribution < -0.4 is 4.90 Å². The van der Waals surface area contributed by atoms with E-state index in [1.54, 1.807) is 4.90 Å². The van der Waals surface area contributed by atoms with Crippen molar-refractivity contribution in [3.63, 3.8) is 0 Å². The molecule has 1 aromatic carbocycles. The summed E-state index contributed by atoms with van der Waals surface area (Å²) in [5.74, 6) is -1.92. The van der Waals surface area contributed by atoms with Gasteiger partial charge in [-0.25, -0.2) is 8.78 Å². The number of halogens is 3. The quantitative estimate of drug-likeness (QED) is 0.688. The summed E-state index contributed by atoms with van der Waals surface area (Å²) in [6.07, 6.45) is 6.84. The standard InChI is InChI=1S/C16H18ClF2NO/c17-11-9-12(18)13(19)10-14(11)20-8-4-7-16(15(20)21)5-2-1-3-6-16/h9-10H,1-8H2. The number of hydrogen-bond donors (Lipinski definition) is 0. The molecule has 114 valence electrons. The second-order valence-corrected chi connectivity index (χ2v) is 6.53. The zero-order valence-corrected chi connectivity index (χ0v) is 12.6. The fraction of sp³-hybridized carbons (Fsp3) is 0.562. The Bertz CT molecular complexity index is 564. The highest BCUT2D eigenvalue weighted by atomic mass is 35.5. The number of anilines is 1. The Hall–Kier alpha value is -1.16. The van der Waals surface area contributed by atoms with Crippen molar-refractivity contribution in [1.82, 2.24) is 0 Å². The minimum Gasteiger partial charge on any atom is -0.310 e. The molecule has 0 N–H and O–H groups in total. The van der Waals surface area contributed by atoms with Gasteiger partial charge in [0.15, 0.2) is 11.6 Å². The molecule has 3 rings (SSSR count). The average Bonchev–Trinajstić information content (AvgIpc) is 2.47. The van der Waals surface area contributed by atoms with E-state index in [1.165, 1.54) is 6.42 Å². The average molecular weight is 314 g/mol. The van der Waals surface area contributed by atoms with Crippen LogP contribution in [0.1, 0.15) is 44.9 Å². The SMILES string of the molecule is O=C1N(c2cc(F)c(F)cc2Cl)CCCC12CCCCC2. The van der Waals surface area contributed by atoms with E-state index in [-0.39, 0.29) is 16.3 Å². The summed E-state index contributed by atoms with van der Waals surface area (Å²) >= 11 is 6.03. The van der Waals surface area contributed by atoms with Crippen LogP contribution in [0.3, 0.4) is 0 Å². The molecule has 0 bridgehead atoms. The summed E-state index contributed by atoms with van der Waals surface area (Å²) in [7, 11) is 0. The molecule has 2 nitrogen and oxygen atoms in total. The van der Waals surface area contributed by atoms with E-state index in [4.69, 9.17) is 11.6 Å². The third kappa shape index (κ3) is 2.54. The van der Waals surface area contributed by atoms with Crippen LogP contribution in [0.4, 0.5) is 14.5 Å². The van der Waals surface area contributed by atoms with Gasteiger partial charge in [0.25, 0.3) is 0 Å². The van der Waals surface area contributed by atoms with Crippen molar-refractivity contribution in [2.24, 2.45) is 5.41 Å². The van der Waals surface area contributed by atoms with E-state index in [0.717, 1.165) is 50.7 Å². The summed E-state index contributed by atoms with van der Waals surface area (Å²) in [6, 6.07) is 1.99. The summed E-state index contributed by atoms with van der Waals surface area (Å²) in [5, 5.41) is 0.0927. The van der Waals surface area contributed by atoms with Gasteiger partial charge in [0.1, 0.15) is 0 Å². The molecule has 0 atom stereocenters. The molecular weight excluding hydrogens is 296 g/mol. The van der Waals surface area contributed by atoms with Crippen molar-refractivity contribution in [3.05, 3.63) is 28.8 Å². The first-order chi connectivity index (χ1) is 10.0. The number of amides is 1. The first-order valence-electron chi connectivity index (χ1n) is 7.50. The van der Waals surface area contributed by atoms with Crippen LogP contribution in [0.15, 0.2) is 12.1 Å². The monoisotopic (exact) mass is 313 g/mol. The number of piperidine rings is 1. The highest BCUT2D eigenvalue weighted by Crippen LogP contribution is 2.46. The second-order valence-electron chi connectivity index (χ2n) is 6.12. The van der Waals surface area contributed by atoms with E-state index in [1.807, 2.05) is 0 Å². The third-order valence-corrected chi connectivity index (χ3v) is 5.13. The smallest absolute Gasteiger partial charge is 0.233 e. The lowest BCUT2D eigenvalue weighted by atomic mass is 9.68. The van der Waals surface area contributed by atoms with E-state index < -0.39 is 11.6 Å². The minimum atomic E-state index is -0.986. The molecule has 0 unspecified atom stereocenters. The number of benzene rings is 1. The number of hydrogen-bond acceptors (Lipinski definition) is 1. The Kier molecular flexibility index (Phi) is 3.91. The fourth-order valence-electron chi connectivity index (χ4n) is 3.71. The summed E-state index contributed by atoms with van der Waals surface area (Å²) in [5.41, 5.74) is -0.0183. The molecule has 0 radical (unpaired) electrons. The molecule has 1 heterocycles.